The summed E-state index contributed by atoms with van der Waals surface area (Å²) in [4.78, 5) is 17.1. The maximum absolute atomic E-state index is 12.9. The van der Waals surface area contributed by atoms with Gasteiger partial charge in [0.1, 0.15) is 0 Å². The SMILES string of the molecule is C=CC(C=C/C=C\C)C1OC(C)(C)OCC1NC(=O)Nc1ccccc1-c1cccnc1. The molecular formula is C26H31N3O3. The summed E-state index contributed by atoms with van der Waals surface area (Å²) in [6.07, 6.45) is 12.9. The molecule has 6 nitrogen and oxygen atoms in total. The van der Waals surface area contributed by atoms with Crippen LogP contribution in [-0.2, 0) is 9.47 Å². The summed E-state index contributed by atoms with van der Waals surface area (Å²) in [5.74, 6) is -0.843. The summed E-state index contributed by atoms with van der Waals surface area (Å²) < 4.78 is 12.0. The summed E-state index contributed by atoms with van der Waals surface area (Å²) in [5, 5.41) is 5.99. The summed E-state index contributed by atoms with van der Waals surface area (Å²) in [5.41, 5.74) is 2.51. The fourth-order valence-corrected chi connectivity index (χ4v) is 3.62. The van der Waals surface area contributed by atoms with Crippen molar-refractivity contribution in [3.05, 3.63) is 85.8 Å². The van der Waals surface area contributed by atoms with Crippen LogP contribution in [0, 0.1) is 5.92 Å². The average molecular weight is 434 g/mol. The number of rotatable bonds is 7. The minimum Gasteiger partial charge on any atom is -0.348 e. The van der Waals surface area contributed by atoms with Crippen molar-refractivity contribution >= 4 is 11.7 Å². The molecule has 2 aromatic rings. The zero-order valence-corrected chi connectivity index (χ0v) is 18.8. The summed E-state index contributed by atoms with van der Waals surface area (Å²) >= 11 is 0. The number of allylic oxidation sites excluding steroid dienone is 3. The molecular weight excluding hydrogens is 402 g/mol. The number of carbonyl (C=O) groups is 1. The molecule has 2 N–H and O–H groups in total. The van der Waals surface area contributed by atoms with E-state index in [0.29, 0.717) is 12.3 Å². The quantitative estimate of drug-likeness (QED) is 0.458. The normalized spacial score (nSPS) is 21.3. The molecule has 6 heteroatoms. The first-order chi connectivity index (χ1) is 15.4. The van der Waals surface area contributed by atoms with Gasteiger partial charge in [-0.25, -0.2) is 4.79 Å². The fourth-order valence-electron chi connectivity index (χ4n) is 3.62. The first-order valence-corrected chi connectivity index (χ1v) is 10.7. The number of urea groups is 1. The lowest BCUT2D eigenvalue weighted by atomic mass is 9.94. The van der Waals surface area contributed by atoms with Gasteiger partial charge in [-0.2, -0.15) is 0 Å². The summed E-state index contributed by atoms with van der Waals surface area (Å²) in [6.45, 7) is 9.99. The Morgan fingerprint density at radius 3 is 2.78 bits per heavy atom. The van der Waals surface area contributed by atoms with Crippen molar-refractivity contribution in [2.75, 3.05) is 11.9 Å². The van der Waals surface area contributed by atoms with Crippen LogP contribution in [0.5, 0.6) is 0 Å². The Labute approximate surface area is 190 Å². The van der Waals surface area contributed by atoms with Gasteiger partial charge in [0, 0.05) is 29.4 Å². The highest BCUT2D eigenvalue weighted by Crippen LogP contribution is 2.29. The number of anilines is 1. The minimum absolute atomic E-state index is 0.0950. The third kappa shape index (κ3) is 6.15. The van der Waals surface area contributed by atoms with E-state index in [1.807, 2.05) is 87.5 Å². The van der Waals surface area contributed by atoms with E-state index in [4.69, 9.17) is 9.47 Å². The molecule has 3 rings (SSSR count). The van der Waals surface area contributed by atoms with Gasteiger partial charge in [0.05, 0.1) is 24.4 Å². The molecule has 3 unspecified atom stereocenters. The van der Waals surface area contributed by atoms with E-state index in [9.17, 15) is 4.79 Å². The number of nitrogens with one attached hydrogen (secondary N) is 2. The lowest BCUT2D eigenvalue weighted by Crippen LogP contribution is -2.58. The van der Waals surface area contributed by atoms with Gasteiger partial charge in [0.15, 0.2) is 5.79 Å². The van der Waals surface area contributed by atoms with E-state index >= 15 is 0 Å². The van der Waals surface area contributed by atoms with Crippen LogP contribution >= 0.6 is 0 Å². The van der Waals surface area contributed by atoms with Crippen LogP contribution in [0.3, 0.4) is 0 Å². The molecule has 2 heterocycles. The van der Waals surface area contributed by atoms with Gasteiger partial charge in [0.2, 0.25) is 0 Å². The Morgan fingerprint density at radius 2 is 2.06 bits per heavy atom. The predicted octanol–water partition coefficient (Wildman–Crippen LogP) is 5.32. The zero-order chi connectivity index (χ0) is 23.0. The number of benzene rings is 1. The maximum Gasteiger partial charge on any atom is 0.319 e. The highest BCUT2D eigenvalue weighted by atomic mass is 16.7. The second-order valence-corrected chi connectivity index (χ2v) is 8.01. The molecule has 3 atom stereocenters. The van der Waals surface area contributed by atoms with Crippen molar-refractivity contribution in [3.63, 3.8) is 0 Å². The van der Waals surface area contributed by atoms with Gasteiger partial charge >= 0.3 is 6.03 Å². The van der Waals surface area contributed by atoms with Crippen LogP contribution in [0.15, 0.2) is 85.8 Å². The van der Waals surface area contributed by atoms with Gasteiger partial charge in [-0.15, -0.1) is 6.58 Å². The summed E-state index contributed by atoms with van der Waals surface area (Å²) in [6, 6.07) is 10.8. The van der Waals surface area contributed by atoms with Gasteiger partial charge < -0.3 is 20.1 Å². The van der Waals surface area contributed by atoms with E-state index in [2.05, 4.69) is 22.2 Å². The molecule has 1 aromatic heterocycles. The Hall–Kier alpha value is -3.22. The van der Waals surface area contributed by atoms with E-state index < -0.39 is 5.79 Å². The molecule has 1 fully saturated rings. The molecule has 1 aromatic carbocycles. The van der Waals surface area contributed by atoms with Crippen LogP contribution in [0.1, 0.15) is 20.8 Å². The molecule has 0 saturated carbocycles. The number of carbonyl (C=O) groups excluding carboxylic acids is 1. The topological polar surface area (TPSA) is 72.5 Å². The highest BCUT2D eigenvalue weighted by Gasteiger charge is 2.40. The van der Waals surface area contributed by atoms with E-state index in [1.165, 1.54) is 0 Å². The van der Waals surface area contributed by atoms with E-state index in [0.717, 1.165) is 11.1 Å². The minimum atomic E-state index is -0.748. The van der Waals surface area contributed by atoms with Gasteiger partial charge in [-0.3, -0.25) is 4.98 Å². The average Bonchev–Trinajstić information content (AvgIpc) is 2.79. The molecule has 1 aliphatic heterocycles. The van der Waals surface area contributed by atoms with Crippen molar-refractivity contribution in [1.29, 1.82) is 0 Å². The van der Waals surface area contributed by atoms with Crippen molar-refractivity contribution < 1.29 is 14.3 Å². The van der Waals surface area contributed by atoms with E-state index in [-0.39, 0.29) is 24.1 Å². The number of pyridine rings is 1. The van der Waals surface area contributed by atoms with Crippen LogP contribution < -0.4 is 10.6 Å². The fraction of sp³-hybridized carbons (Fsp3) is 0.308. The second-order valence-electron chi connectivity index (χ2n) is 8.01. The smallest absolute Gasteiger partial charge is 0.319 e. The molecule has 1 saturated heterocycles. The largest absolute Gasteiger partial charge is 0.348 e. The molecule has 2 amide bonds. The number of hydrogen-bond donors (Lipinski definition) is 2. The number of para-hydroxylation sites is 1. The van der Waals surface area contributed by atoms with Crippen LogP contribution in [0.4, 0.5) is 10.5 Å². The number of amides is 2. The first-order valence-electron chi connectivity index (χ1n) is 10.7. The summed E-state index contributed by atoms with van der Waals surface area (Å²) in [7, 11) is 0. The van der Waals surface area contributed by atoms with E-state index in [1.54, 1.807) is 12.4 Å². The van der Waals surface area contributed by atoms with Crippen molar-refractivity contribution in [2.45, 2.75) is 38.7 Å². The molecule has 0 bridgehead atoms. The Bertz CT molecular complexity index is 969. The predicted molar refractivity (Wildman–Crippen MR) is 128 cm³/mol. The van der Waals surface area contributed by atoms with Gasteiger partial charge in [-0.05, 0) is 32.9 Å². The Kier molecular flexibility index (Phi) is 7.98. The number of aromatic nitrogens is 1. The van der Waals surface area contributed by atoms with Crippen molar-refractivity contribution in [1.82, 2.24) is 10.3 Å². The Balaban J connectivity index is 1.76. The molecule has 168 valence electrons. The van der Waals surface area contributed by atoms with Gasteiger partial charge in [0.25, 0.3) is 0 Å². The molecule has 1 aliphatic rings. The monoisotopic (exact) mass is 433 g/mol. The van der Waals surface area contributed by atoms with Gasteiger partial charge in [-0.1, -0.05) is 54.6 Å². The third-order valence-corrected chi connectivity index (χ3v) is 5.18. The molecule has 32 heavy (non-hydrogen) atoms. The van der Waals surface area contributed by atoms with Crippen molar-refractivity contribution in [2.24, 2.45) is 5.92 Å². The number of hydrogen-bond acceptors (Lipinski definition) is 4. The highest BCUT2D eigenvalue weighted by molar-refractivity contribution is 5.94. The van der Waals surface area contributed by atoms with Crippen LogP contribution in [-0.4, -0.2) is 35.6 Å². The maximum atomic E-state index is 12.9. The number of nitrogens with zero attached hydrogens (tertiary/aromatic N) is 1. The second kappa shape index (κ2) is 10.9. The van der Waals surface area contributed by atoms with Crippen LogP contribution in [0.25, 0.3) is 11.1 Å². The standard InChI is InChI=1S/C26H31N3O3/c1-5-7-8-12-19(6-2)24-23(18-31-26(3,4)32-24)29-25(30)28-22-15-10-9-14-21(22)20-13-11-16-27-17-20/h5-17,19,23-24H,2,18H2,1,3-4H3,(H2,28,29,30)/b7-5-,12-8?. The first kappa shape index (κ1) is 23.4. The molecule has 0 spiro atoms. The molecule has 0 aliphatic carbocycles. The lowest BCUT2D eigenvalue weighted by Gasteiger charge is -2.43. The third-order valence-electron chi connectivity index (χ3n) is 5.18. The number of ether oxygens (including phenoxy) is 2. The lowest BCUT2D eigenvalue weighted by molar-refractivity contribution is -0.285. The Morgan fingerprint density at radius 1 is 1.25 bits per heavy atom. The molecule has 0 radical (unpaired) electrons. The van der Waals surface area contributed by atoms with Crippen molar-refractivity contribution in [3.8, 4) is 11.1 Å². The zero-order valence-electron chi connectivity index (χ0n) is 18.8. The van der Waals surface area contributed by atoms with Crippen LogP contribution in [0.2, 0.25) is 0 Å².